The molecular weight excluding hydrogens is 719 g/mol. The van der Waals surface area contributed by atoms with Crippen LogP contribution >= 0.6 is 23.5 Å². The fourth-order valence-electron chi connectivity index (χ4n) is 4.44. The number of nitrogens with two attached hydrogens (primary N) is 2. The summed E-state index contributed by atoms with van der Waals surface area (Å²) >= 11 is 2.82. The molecule has 0 bridgehead atoms. The first-order chi connectivity index (χ1) is 24.4. The molecule has 0 fully saturated rings. The number of hydrogen-bond acceptors (Lipinski definition) is 12. The van der Waals surface area contributed by atoms with Gasteiger partial charge in [0.2, 0.25) is 47.3 Å². The predicted octanol–water partition coefficient (Wildman–Crippen LogP) is -2.58. The van der Waals surface area contributed by atoms with Gasteiger partial charge in [-0.25, -0.2) is 0 Å². The van der Waals surface area contributed by atoms with E-state index in [-0.39, 0.29) is 38.1 Å². The number of aldehydes is 1. The third kappa shape index (κ3) is 18.5. The van der Waals surface area contributed by atoms with E-state index in [0.717, 1.165) is 0 Å². The number of thioether (sulfide) groups is 2. The lowest BCUT2D eigenvalue weighted by atomic mass is 9.97. The zero-order valence-corrected chi connectivity index (χ0v) is 32.6. The van der Waals surface area contributed by atoms with Gasteiger partial charge in [-0.15, -0.1) is 0 Å². The molecule has 8 atom stereocenters. The molecular formula is C32H57N9O9S2. The normalized spacial score (nSPS) is 15.5. The van der Waals surface area contributed by atoms with Gasteiger partial charge in [0.15, 0.2) is 0 Å². The Morgan fingerprint density at radius 1 is 0.615 bits per heavy atom. The van der Waals surface area contributed by atoms with Crippen molar-refractivity contribution < 1.29 is 43.2 Å². The molecule has 8 amide bonds. The Morgan fingerprint density at radius 2 is 1.06 bits per heavy atom. The molecule has 0 aliphatic heterocycles. The summed E-state index contributed by atoms with van der Waals surface area (Å²) in [5, 5.41) is 17.8. The molecule has 52 heavy (non-hydrogen) atoms. The molecule has 0 aromatic carbocycles. The number of amides is 8. The average molecular weight is 776 g/mol. The van der Waals surface area contributed by atoms with Gasteiger partial charge in [0.05, 0.1) is 12.6 Å². The Morgan fingerprint density at radius 3 is 1.50 bits per heavy atom. The van der Waals surface area contributed by atoms with Crippen LogP contribution in [0.1, 0.15) is 66.7 Å². The van der Waals surface area contributed by atoms with E-state index in [4.69, 9.17) is 11.5 Å². The molecule has 0 aliphatic carbocycles. The number of hydrogen-bond donors (Lipinski definition) is 9. The quantitative estimate of drug-likeness (QED) is 0.0410. The average Bonchev–Trinajstić information content (AvgIpc) is 3.09. The molecule has 20 heteroatoms. The molecule has 296 valence electrons. The molecule has 0 aromatic heterocycles. The minimum Gasteiger partial charge on any atom is -0.370 e. The van der Waals surface area contributed by atoms with Crippen molar-refractivity contribution in [1.82, 2.24) is 37.2 Å². The van der Waals surface area contributed by atoms with Gasteiger partial charge >= 0.3 is 0 Å². The maximum Gasteiger partial charge on any atom is 0.243 e. The second-order valence-electron chi connectivity index (χ2n) is 12.3. The van der Waals surface area contributed by atoms with Crippen molar-refractivity contribution >= 4 is 77.1 Å². The molecule has 18 nitrogen and oxygen atoms in total. The molecule has 0 aliphatic rings. The number of nitrogens with one attached hydrogen (secondary N) is 7. The molecule has 0 spiro atoms. The van der Waals surface area contributed by atoms with Crippen LogP contribution in [0, 0.1) is 5.92 Å². The van der Waals surface area contributed by atoms with E-state index in [2.05, 4.69) is 37.2 Å². The van der Waals surface area contributed by atoms with E-state index in [9.17, 15) is 43.2 Å². The molecule has 0 heterocycles. The highest BCUT2D eigenvalue weighted by atomic mass is 32.2. The highest BCUT2D eigenvalue weighted by Crippen LogP contribution is 2.11. The molecule has 0 saturated heterocycles. The first-order valence-corrected chi connectivity index (χ1v) is 19.8. The lowest BCUT2D eigenvalue weighted by Crippen LogP contribution is -2.60. The van der Waals surface area contributed by atoms with E-state index in [1.807, 2.05) is 13.2 Å². The van der Waals surface area contributed by atoms with Crippen LogP contribution in [-0.4, -0.2) is 126 Å². The van der Waals surface area contributed by atoms with Gasteiger partial charge in [0, 0.05) is 6.42 Å². The summed E-state index contributed by atoms with van der Waals surface area (Å²) in [6, 6.07) is -7.62. The fourth-order valence-corrected chi connectivity index (χ4v) is 5.38. The predicted molar refractivity (Wildman–Crippen MR) is 200 cm³/mol. The van der Waals surface area contributed by atoms with E-state index in [1.165, 1.54) is 44.3 Å². The van der Waals surface area contributed by atoms with E-state index in [0.29, 0.717) is 24.2 Å². The third-order valence-electron chi connectivity index (χ3n) is 7.87. The summed E-state index contributed by atoms with van der Waals surface area (Å²) < 4.78 is 0. The maximum atomic E-state index is 13.7. The second kappa shape index (κ2) is 25.9. The largest absolute Gasteiger partial charge is 0.370 e. The van der Waals surface area contributed by atoms with Crippen LogP contribution in [0.25, 0.3) is 0 Å². The van der Waals surface area contributed by atoms with Gasteiger partial charge in [0.1, 0.15) is 42.5 Å². The molecule has 0 radical (unpaired) electrons. The molecule has 11 N–H and O–H groups in total. The summed E-state index contributed by atoms with van der Waals surface area (Å²) in [6.07, 6.45) is 4.39. The van der Waals surface area contributed by atoms with Crippen LogP contribution in [0.3, 0.4) is 0 Å². The fraction of sp³-hybridized carbons (Fsp3) is 0.719. The zero-order valence-electron chi connectivity index (χ0n) is 31.0. The molecule has 0 rings (SSSR count). The smallest absolute Gasteiger partial charge is 0.243 e. The van der Waals surface area contributed by atoms with Crippen molar-refractivity contribution in [2.45, 2.75) is 109 Å². The van der Waals surface area contributed by atoms with Crippen LogP contribution in [0.4, 0.5) is 0 Å². The lowest BCUT2D eigenvalue weighted by molar-refractivity contribution is -0.136. The first-order valence-electron chi connectivity index (χ1n) is 17.0. The van der Waals surface area contributed by atoms with Gasteiger partial charge in [-0.3, -0.25) is 38.4 Å². The SMILES string of the molecule is CC[C@H](C)[C@H](NC(=O)[C@H](C)NC(=O)[C@H](C)N)C(=O)N[C@@H](CCSC)C(=O)N[C@@H](CCSC)C(=O)N[C@@H](CCC(N)=O)C(=O)N[C@@H](C)C(=O)NCC=O. The van der Waals surface area contributed by atoms with Crippen LogP contribution < -0.4 is 48.7 Å². The van der Waals surface area contributed by atoms with Crippen molar-refractivity contribution in [2.75, 3.05) is 30.6 Å². The van der Waals surface area contributed by atoms with E-state index in [1.54, 1.807) is 13.2 Å². The second-order valence-corrected chi connectivity index (χ2v) is 14.3. The van der Waals surface area contributed by atoms with Gasteiger partial charge in [-0.05, 0) is 70.0 Å². The standard InChI is InChI=1S/C32H57N9O9S2/c1-8-17(2)25(41-28(46)20(5)36-26(44)18(3)33)32(50)40-23(12-16-52-7)31(49)39-22(11-15-51-6)30(48)38-21(9-10-24(34)43)29(47)37-19(4)27(45)35-13-14-42/h14,17-23,25H,8-13,15-16,33H2,1-7H3,(H2,34,43)(H,35,45)(H,36,44)(H,37,47)(H,38,48)(H,39,49)(H,40,50)(H,41,46)/t17-,18-,19-,20-,21-,22-,23-,25-/m0/s1. The summed E-state index contributed by atoms with van der Waals surface area (Å²) in [6.45, 7) is 7.59. The van der Waals surface area contributed by atoms with Crippen molar-refractivity contribution in [3.8, 4) is 0 Å². The van der Waals surface area contributed by atoms with Gasteiger partial charge < -0.3 is 53.5 Å². The van der Waals surface area contributed by atoms with Crippen molar-refractivity contribution in [3.05, 3.63) is 0 Å². The van der Waals surface area contributed by atoms with Crippen LogP contribution in [0.2, 0.25) is 0 Å². The maximum absolute atomic E-state index is 13.7. The Kier molecular flexibility index (Phi) is 24.0. The Bertz CT molecular complexity index is 1240. The van der Waals surface area contributed by atoms with Crippen molar-refractivity contribution in [3.63, 3.8) is 0 Å². The molecule has 0 aromatic rings. The number of carbonyl (C=O) groups is 9. The zero-order chi connectivity index (χ0) is 40.0. The van der Waals surface area contributed by atoms with Crippen molar-refractivity contribution in [2.24, 2.45) is 17.4 Å². The molecule has 0 saturated carbocycles. The topological polar surface area (TPSA) is 290 Å². The van der Waals surface area contributed by atoms with Crippen LogP contribution in [-0.2, 0) is 43.2 Å². The van der Waals surface area contributed by atoms with Crippen molar-refractivity contribution in [1.29, 1.82) is 0 Å². The number of rotatable bonds is 26. The number of carbonyl (C=O) groups excluding carboxylic acids is 9. The Hall–Kier alpha value is -3.91. The molecule has 0 unspecified atom stereocenters. The monoisotopic (exact) mass is 775 g/mol. The minimum absolute atomic E-state index is 0.132. The third-order valence-corrected chi connectivity index (χ3v) is 9.16. The van der Waals surface area contributed by atoms with E-state index >= 15 is 0 Å². The van der Waals surface area contributed by atoms with Gasteiger partial charge in [-0.1, -0.05) is 20.3 Å². The number of primary amides is 1. The van der Waals surface area contributed by atoms with Crippen LogP contribution in [0.5, 0.6) is 0 Å². The summed E-state index contributed by atoms with van der Waals surface area (Å²) in [5.74, 6) is -4.94. The Labute approximate surface area is 313 Å². The highest BCUT2D eigenvalue weighted by Gasteiger charge is 2.34. The summed E-state index contributed by atoms with van der Waals surface area (Å²) in [7, 11) is 0. The van der Waals surface area contributed by atoms with E-state index < -0.39 is 89.6 Å². The Balaban J connectivity index is 6.11. The summed E-state index contributed by atoms with van der Waals surface area (Å²) in [5.41, 5.74) is 10.9. The minimum atomic E-state index is -1.32. The lowest BCUT2D eigenvalue weighted by Gasteiger charge is -2.29. The summed E-state index contributed by atoms with van der Waals surface area (Å²) in [4.78, 5) is 113. The van der Waals surface area contributed by atoms with Gasteiger partial charge in [0.25, 0.3) is 0 Å². The highest BCUT2D eigenvalue weighted by molar-refractivity contribution is 7.98. The van der Waals surface area contributed by atoms with Gasteiger partial charge in [-0.2, -0.15) is 23.5 Å². The van der Waals surface area contributed by atoms with Crippen LogP contribution in [0.15, 0.2) is 0 Å². The first kappa shape index (κ1) is 48.1.